The Bertz CT molecular complexity index is 480. The highest BCUT2D eigenvalue weighted by atomic mass is 16.6. The molecule has 0 atom stereocenters. The van der Waals surface area contributed by atoms with E-state index in [2.05, 4.69) is 6.58 Å². The number of hydrogen-bond donors (Lipinski definition) is 0. The van der Waals surface area contributed by atoms with Crippen LogP contribution in [0.3, 0.4) is 0 Å². The first kappa shape index (κ1) is 12.9. The highest BCUT2D eigenvalue weighted by Crippen LogP contribution is 2.24. The van der Waals surface area contributed by atoms with Crippen molar-refractivity contribution in [2.75, 3.05) is 6.61 Å². The minimum Gasteiger partial charge on any atom is -0.458 e. The summed E-state index contributed by atoms with van der Waals surface area (Å²) in [5.74, 6) is -0.500. The van der Waals surface area contributed by atoms with E-state index in [1.807, 2.05) is 0 Å². The summed E-state index contributed by atoms with van der Waals surface area (Å²) in [6.07, 6.45) is 1.46. The molecule has 0 amide bonds. The summed E-state index contributed by atoms with van der Waals surface area (Å²) < 4.78 is 4.89. The van der Waals surface area contributed by atoms with Gasteiger partial charge in [-0.15, -0.1) is 0 Å². The quantitative estimate of drug-likeness (QED) is 0.348. The number of nitro benzene ring substituents is 1. The zero-order chi connectivity index (χ0) is 13.0. The number of nitrogens with zero attached hydrogens (tertiary/aromatic N) is 1. The molecule has 1 aromatic rings. The van der Waals surface area contributed by atoms with E-state index in [0.717, 1.165) is 0 Å². The highest BCUT2D eigenvalue weighted by Gasteiger charge is 2.18. The summed E-state index contributed by atoms with van der Waals surface area (Å²) in [6, 6.07) is 2.72. The average molecular weight is 235 g/mol. The maximum atomic E-state index is 11.6. The summed E-state index contributed by atoms with van der Waals surface area (Å²) in [6.45, 7) is 6.82. The monoisotopic (exact) mass is 235 g/mol. The van der Waals surface area contributed by atoms with Gasteiger partial charge in [0.2, 0.25) is 0 Å². The van der Waals surface area contributed by atoms with Gasteiger partial charge >= 0.3 is 5.97 Å². The molecule has 0 saturated heterocycles. The zero-order valence-corrected chi connectivity index (χ0v) is 9.73. The molecule has 0 aliphatic carbocycles. The maximum absolute atomic E-state index is 11.6. The number of ether oxygens (including phenoxy) is 1. The lowest BCUT2D eigenvalue weighted by Crippen LogP contribution is -2.08. The minimum atomic E-state index is -0.500. The number of carbonyl (C=O) groups is 1. The SMILES string of the molecule is C=CCOC(=O)c1ccc([N+](=O)[O-])c(C)c1C. The minimum absolute atomic E-state index is 0.00257. The van der Waals surface area contributed by atoms with E-state index in [-0.39, 0.29) is 12.3 Å². The molecule has 17 heavy (non-hydrogen) atoms. The fourth-order valence-electron chi connectivity index (χ4n) is 1.44. The van der Waals surface area contributed by atoms with Crippen molar-refractivity contribution in [3.8, 4) is 0 Å². The van der Waals surface area contributed by atoms with Crippen molar-refractivity contribution in [1.29, 1.82) is 0 Å². The molecule has 0 spiro atoms. The molecule has 0 radical (unpaired) electrons. The number of esters is 1. The Morgan fingerprint density at radius 3 is 2.65 bits per heavy atom. The van der Waals surface area contributed by atoms with Crippen LogP contribution < -0.4 is 0 Å². The summed E-state index contributed by atoms with van der Waals surface area (Å²) in [4.78, 5) is 21.9. The van der Waals surface area contributed by atoms with Gasteiger partial charge in [0.15, 0.2) is 0 Å². The van der Waals surface area contributed by atoms with Crippen molar-refractivity contribution in [3.63, 3.8) is 0 Å². The molecule has 0 unspecified atom stereocenters. The van der Waals surface area contributed by atoms with Crippen LogP contribution in [0.15, 0.2) is 24.8 Å². The van der Waals surface area contributed by atoms with Crippen molar-refractivity contribution in [2.45, 2.75) is 13.8 Å². The van der Waals surface area contributed by atoms with Gasteiger partial charge in [0.1, 0.15) is 6.61 Å². The van der Waals surface area contributed by atoms with Crippen molar-refractivity contribution in [1.82, 2.24) is 0 Å². The topological polar surface area (TPSA) is 69.4 Å². The lowest BCUT2D eigenvalue weighted by molar-refractivity contribution is -0.385. The number of rotatable bonds is 4. The van der Waals surface area contributed by atoms with Crippen LogP contribution in [0, 0.1) is 24.0 Å². The van der Waals surface area contributed by atoms with Gasteiger partial charge in [-0.05, 0) is 25.5 Å². The number of nitro groups is 1. The molecule has 0 aliphatic heterocycles. The smallest absolute Gasteiger partial charge is 0.338 e. The molecule has 0 bridgehead atoms. The van der Waals surface area contributed by atoms with Gasteiger partial charge in [-0.25, -0.2) is 4.79 Å². The van der Waals surface area contributed by atoms with E-state index >= 15 is 0 Å². The predicted molar refractivity (Wildman–Crippen MR) is 63.0 cm³/mol. The van der Waals surface area contributed by atoms with E-state index in [9.17, 15) is 14.9 Å². The molecule has 5 heteroatoms. The van der Waals surface area contributed by atoms with Gasteiger partial charge in [-0.2, -0.15) is 0 Å². The van der Waals surface area contributed by atoms with E-state index < -0.39 is 10.9 Å². The number of carbonyl (C=O) groups excluding carboxylic acids is 1. The first-order chi connectivity index (χ1) is 7.99. The third-order valence-corrected chi connectivity index (χ3v) is 2.51. The Labute approximate surface area is 98.9 Å². The molecule has 0 heterocycles. The largest absolute Gasteiger partial charge is 0.458 e. The van der Waals surface area contributed by atoms with E-state index in [4.69, 9.17) is 4.74 Å². The van der Waals surface area contributed by atoms with Crippen LogP contribution in [0.2, 0.25) is 0 Å². The summed E-state index contributed by atoms with van der Waals surface area (Å²) in [7, 11) is 0. The van der Waals surface area contributed by atoms with Gasteiger partial charge in [0.05, 0.1) is 10.5 Å². The van der Waals surface area contributed by atoms with Crippen LogP contribution in [0.5, 0.6) is 0 Å². The molecular formula is C12H13NO4. The number of benzene rings is 1. The van der Waals surface area contributed by atoms with E-state index in [0.29, 0.717) is 16.7 Å². The fourth-order valence-corrected chi connectivity index (χ4v) is 1.44. The standard InChI is InChI=1S/C12H13NO4/c1-4-7-17-12(14)10-5-6-11(13(15)16)9(3)8(10)2/h4-6H,1,7H2,2-3H3. The molecule has 0 fully saturated rings. The van der Waals surface area contributed by atoms with Crippen LogP contribution in [0.4, 0.5) is 5.69 Å². The Balaban J connectivity index is 3.12. The van der Waals surface area contributed by atoms with Gasteiger partial charge < -0.3 is 4.74 Å². The molecule has 0 N–H and O–H groups in total. The summed E-state index contributed by atoms with van der Waals surface area (Å²) >= 11 is 0. The third-order valence-electron chi connectivity index (χ3n) is 2.51. The second-order valence-electron chi connectivity index (χ2n) is 3.53. The lowest BCUT2D eigenvalue weighted by atomic mass is 10.0. The van der Waals surface area contributed by atoms with Crippen LogP contribution in [0.25, 0.3) is 0 Å². The maximum Gasteiger partial charge on any atom is 0.338 e. The van der Waals surface area contributed by atoms with Crippen LogP contribution >= 0.6 is 0 Å². The molecule has 0 saturated carbocycles. The molecular weight excluding hydrogens is 222 g/mol. The van der Waals surface area contributed by atoms with E-state index in [1.165, 1.54) is 18.2 Å². The van der Waals surface area contributed by atoms with Crippen molar-refractivity contribution >= 4 is 11.7 Å². The second-order valence-corrected chi connectivity index (χ2v) is 3.53. The van der Waals surface area contributed by atoms with Crippen molar-refractivity contribution in [3.05, 3.63) is 51.6 Å². The van der Waals surface area contributed by atoms with E-state index in [1.54, 1.807) is 13.8 Å². The van der Waals surface area contributed by atoms with Gasteiger partial charge in [-0.1, -0.05) is 12.7 Å². The van der Waals surface area contributed by atoms with Crippen LogP contribution in [0.1, 0.15) is 21.5 Å². The fraction of sp³-hybridized carbons (Fsp3) is 0.250. The van der Waals surface area contributed by atoms with Crippen molar-refractivity contribution in [2.24, 2.45) is 0 Å². The van der Waals surface area contributed by atoms with Crippen LogP contribution in [-0.4, -0.2) is 17.5 Å². The average Bonchev–Trinajstić information content (AvgIpc) is 2.29. The molecule has 0 aromatic heterocycles. The predicted octanol–water partition coefficient (Wildman–Crippen LogP) is 2.55. The Morgan fingerprint density at radius 1 is 1.47 bits per heavy atom. The third kappa shape index (κ3) is 2.69. The Hall–Kier alpha value is -2.17. The highest BCUT2D eigenvalue weighted by molar-refractivity contribution is 5.92. The second kappa shape index (κ2) is 5.25. The first-order valence-corrected chi connectivity index (χ1v) is 5.01. The van der Waals surface area contributed by atoms with Gasteiger partial charge in [0.25, 0.3) is 5.69 Å². The number of hydrogen-bond acceptors (Lipinski definition) is 4. The first-order valence-electron chi connectivity index (χ1n) is 5.01. The molecule has 0 aliphatic rings. The Kier molecular flexibility index (Phi) is 3.98. The summed E-state index contributed by atoms with van der Waals surface area (Å²) in [5, 5.41) is 10.7. The van der Waals surface area contributed by atoms with Crippen LogP contribution in [-0.2, 0) is 4.74 Å². The lowest BCUT2D eigenvalue weighted by Gasteiger charge is -2.08. The molecule has 5 nitrogen and oxygen atoms in total. The summed E-state index contributed by atoms with van der Waals surface area (Å²) in [5.41, 5.74) is 1.38. The van der Waals surface area contributed by atoms with Gasteiger partial charge in [-0.3, -0.25) is 10.1 Å². The molecule has 1 rings (SSSR count). The molecule has 90 valence electrons. The normalized spacial score (nSPS) is 9.76. The molecule has 1 aromatic carbocycles. The zero-order valence-electron chi connectivity index (χ0n) is 9.73. The van der Waals surface area contributed by atoms with Crippen molar-refractivity contribution < 1.29 is 14.5 Å². The Morgan fingerprint density at radius 2 is 2.12 bits per heavy atom. The van der Waals surface area contributed by atoms with Gasteiger partial charge in [0, 0.05) is 11.6 Å².